The lowest BCUT2D eigenvalue weighted by molar-refractivity contribution is -0.123. The van der Waals surface area contributed by atoms with Crippen molar-refractivity contribution in [2.45, 2.75) is 50.5 Å². The van der Waals surface area contributed by atoms with Crippen LogP contribution in [-0.2, 0) is 14.3 Å². The maximum atomic E-state index is 12.6. The monoisotopic (exact) mass is 374 g/mol. The fourth-order valence-electron chi connectivity index (χ4n) is 3.59. The number of hydrogen-bond acceptors (Lipinski definition) is 5. The van der Waals surface area contributed by atoms with Crippen LogP contribution in [-0.4, -0.2) is 55.9 Å². The molecule has 0 unspecified atom stereocenters. The fourth-order valence-corrected chi connectivity index (χ4v) is 3.59. The summed E-state index contributed by atoms with van der Waals surface area (Å²) in [5.74, 6) is 0.748. The average molecular weight is 374 g/mol. The highest BCUT2D eigenvalue weighted by Gasteiger charge is 2.49. The molecule has 7 nitrogen and oxygen atoms in total. The lowest BCUT2D eigenvalue weighted by Gasteiger charge is -2.18. The van der Waals surface area contributed by atoms with E-state index in [2.05, 4.69) is 10.6 Å². The highest BCUT2D eigenvalue weighted by molar-refractivity contribution is 5.94. The van der Waals surface area contributed by atoms with Crippen LogP contribution in [0.3, 0.4) is 0 Å². The van der Waals surface area contributed by atoms with Gasteiger partial charge in [-0.15, -0.1) is 0 Å². The van der Waals surface area contributed by atoms with Gasteiger partial charge in [0.25, 0.3) is 5.91 Å². The molecule has 7 heteroatoms. The van der Waals surface area contributed by atoms with Gasteiger partial charge >= 0.3 is 0 Å². The molecule has 0 bridgehead atoms. The Morgan fingerprint density at radius 1 is 1.11 bits per heavy atom. The molecule has 0 spiro atoms. The van der Waals surface area contributed by atoms with Gasteiger partial charge in [-0.3, -0.25) is 9.59 Å². The molecule has 27 heavy (non-hydrogen) atoms. The number of rotatable bonds is 7. The number of carbonyl (C=O) groups is 2. The lowest BCUT2D eigenvalue weighted by Crippen LogP contribution is -2.47. The van der Waals surface area contributed by atoms with Crippen LogP contribution < -0.4 is 15.4 Å². The first kappa shape index (κ1) is 18.3. The minimum absolute atomic E-state index is 0.0872. The van der Waals surface area contributed by atoms with Gasteiger partial charge in [-0.1, -0.05) is 13.0 Å². The number of amides is 2. The van der Waals surface area contributed by atoms with E-state index < -0.39 is 0 Å². The van der Waals surface area contributed by atoms with Gasteiger partial charge in [0.05, 0.1) is 31.9 Å². The Morgan fingerprint density at radius 2 is 1.81 bits per heavy atom. The highest BCUT2D eigenvalue weighted by Crippen LogP contribution is 2.31. The number of hydrogen-bond donors (Lipinski definition) is 2. The van der Waals surface area contributed by atoms with Gasteiger partial charge in [0.2, 0.25) is 5.91 Å². The minimum atomic E-state index is -0.238. The Hall–Kier alpha value is -2.12. The molecule has 2 N–H and O–H groups in total. The second kappa shape index (κ2) is 7.86. The minimum Gasteiger partial charge on any atom is -0.494 e. The van der Waals surface area contributed by atoms with Crippen molar-refractivity contribution in [2.24, 2.45) is 5.92 Å². The third-order valence-electron chi connectivity index (χ3n) is 5.21. The van der Waals surface area contributed by atoms with Crippen LogP contribution in [0, 0.1) is 5.92 Å². The number of fused-ring (bicyclic) bond motifs is 1. The van der Waals surface area contributed by atoms with Gasteiger partial charge in [0, 0.05) is 11.5 Å². The van der Waals surface area contributed by atoms with Crippen LogP contribution in [0.15, 0.2) is 24.3 Å². The van der Waals surface area contributed by atoms with Crippen molar-refractivity contribution in [3.8, 4) is 5.75 Å². The summed E-state index contributed by atoms with van der Waals surface area (Å²) in [6.45, 7) is 3.45. The summed E-state index contributed by atoms with van der Waals surface area (Å²) in [5, 5.41) is 6.03. The van der Waals surface area contributed by atoms with E-state index >= 15 is 0 Å². The van der Waals surface area contributed by atoms with Crippen molar-refractivity contribution >= 4 is 11.8 Å². The van der Waals surface area contributed by atoms with Crippen LogP contribution in [0.2, 0.25) is 0 Å². The molecule has 0 radical (unpaired) electrons. The predicted octanol–water partition coefficient (Wildman–Crippen LogP) is 1.27. The predicted molar refractivity (Wildman–Crippen MR) is 97.6 cm³/mol. The molecule has 4 rings (SSSR count). The van der Waals surface area contributed by atoms with Gasteiger partial charge in [0.1, 0.15) is 18.0 Å². The van der Waals surface area contributed by atoms with Gasteiger partial charge < -0.3 is 24.8 Å². The Kier molecular flexibility index (Phi) is 5.31. The van der Waals surface area contributed by atoms with Crippen LogP contribution in [0.1, 0.15) is 36.5 Å². The third-order valence-corrected chi connectivity index (χ3v) is 5.21. The van der Waals surface area contributed by atoms with Crippen molar-refractivity contribution in [3.63, 3.8) is 0 Å². The number of nitrogens with one attached hydrogen (secondary N) is 2. The van der Waals surface area contributed by atoms with Crippen LogP contribution in [0.5, 0.6) is 5.75 Å². The van der Waals surface area contributed by atoms with Crippen molar-refractivity contribution < 1.29 is 23.8 Å². The second-order valence-corrected chi connectivity index (χ2v) is 7.44. The van der Waals surface area contributed by atoms with E-state index in [9.17, 15) is 9.59 Å². The maximum absolute atomic E-state index is 12.6. The quantitative estimate of drug-likeness (QED) is 0.751. The number of benzene rings is 1. The van der Waals surface area contributed by atoms with Gasteiger partial charge in [-0.25, -0.2) is 0 Å². The van der Waals surface area contributed by atoms with E-state index in [1.165, 1.54) is 0 Å². The summed E-state index contributed by atoms with van der Waals surface area (Å²) in [7, 11) is 0. The zero-order valence-electron chi connectivity index (χ0n) is 15.5. The first-order valence-electron chi connectivity index (χ1n) is 9.73. The van der Waals surface area contributed by atoms with Crippen LogP contribution in [0.4, 0.5) is 0 Å². The van der Waals surface area contributed by atoms with Crippen molar-refractivity contribution in [1.82, 2.24) is 10.6 Å². The second-order valence-electron chi connectivity index (χ2n) is 7.44. The van der Waals surface area contributed by atoms with E-state index in [1.807, 2.05) is 19.1 Å². The topological polar surface area (TPSA) is 85.9 Å². The van der Waals surface area contributed by atoms with E-state index in [1.54, 1.807) is 12.1 Å². The van der Waals surface area contributed by atoms with E-state index in [4.69, 9.17) is 14.2 Å². The molecule has 2 amide bonds. The molecule has 2 heterocycles. The van der Waals surface area contributed by atoms with Crippen molar-refractivity contribution in [2.75, 3.05) is 19.8 Å². The zero-order valence-corrected chi connectivity index (χ0v) is 15.5. The lowest BCUT2D eigenvalue weighted by atomic mass is 10.1. The summed E-state index contributed by atoms with van der Waals surface area (Å²) in [6.07, 6.45) is 2.40. The highest BCUT2D eigenvalue weighted by atomic mass is 16.6. The molecular weight excluding hydrogens is 348 g/mol. The van der Waals surface area contributed by atoms with Crippen LogP contribution in [0.25, 0.3) is 0 Å². The number of ether oxygens (including phenoxy) is 3. The first-order chi connectivity index (χ1) is 13.2. The Labute approximate surface area is 158 Å². The molecule has 1 aromatic carbocycles. The summed E-state index contributed by atoms with van der Waals surface area (Å²) in [5.41, 5.74) is 0.545. The summed E-state index contributed by atoms with van der Waals surface area (Å²) >= 11 is 0. The third kappa shape index (κ3) is 4.09. The Balaban J connectivity index is 1.34. The van der Waals surface area contributed by atoms with Crippen LogP contribution >= 0.6 is 0 Å². The molecule has 3 aliphatic rings. The largest absolute Gasteiger partial charge is 0.494 e. The summed E-state index contributed by atoms with van der Waals surface area (Å²) in [6, 6.07) is 6.78. The standard InChI is InChI=1S/C20H26N2O5/c1-2-8-25-14-5-3-4-13(9-14)20(24)22-16-11-27-17-15(10-26-18(16)17)21-19(23)12-6-7-12/h3-5,9,12,15-18H,2,6-8,10-11H2,1H3,(H,21,23)(H,22,24)/t15-,16-,17+,18+/m0/s1. The maximum Gasteiger partial charge on any atom is 0.251 e. The normalized spacial score (nSPS) is 29.2. The first-order valence-corrected chi connectivity index (χ1v) is 9.73. The molecule has 0 aromatic heterocycles. The summed E-state index contributed by atoms with van der Waals surface area (Å²) in [4.78, 5) is 24.6. The van der Waals surface area contributed by atoms with Gasteiger partial charge in [-0.2, -0.15) is 0 Å². The molecule has 2 saturated heterocycles. The molecule has 1 aromatic rings. The van der Waals surface area contributed by atoms with Crippen molar-refractivity contribution in [3.05, 3.63) is 29.8 Å². The molecule has 146 valence electrons. The van der Waals surface area contributed by atoms with E-state index in [-0.39, 0.29) is 42.0 Å². The Bertz CT molecular complexity index is 705. The van der Waals surface area contributed by atoms with Gasteiger partial charge in [0.15, 0.2) is 0 Å². The molecule has 1 saturated carbocycles. The molecule has 1 aliphatic carbocycles. The smallest absolute Gasteiger partial charge is 0.251 e. The average Bonchev–Trinajstić information content (AvgIpc) is 3.36. The zero-order chi connectivity index (χ0) is 18.8. The van der Waals surface area contributed by atoms with Crippen molar-refractivity contribution in [1.29, 1.82) is 0 Å². The molecule has 2 aliphatic heterocycles. The Morgan fingerprint density at radius 3 is 2.48 bits per heavy atom. The summed E-state index contributed by atoms with van der Waals surface area (Å²) < 4.78 is 17.3. The molecule has 4 atom stereocenters. The molecular formula is C20H26N2O5. The molecule has 3 fully saturated rings. The fraction of sp³-hybridized carbons (Fsp3) is 0.600. The number of carbonyl (C=O) groups excluding carboxylic acids is 2. The van der Waals surface area contributed by atoms with E-state index in [0.717, 1.165) is 19.3 Å². The van der Waals surface area contributed by atoms with Gasteiger partial charge in [-0.05, 0) is 37.5 Å². The van der Waals surface area contributed by atoms with E-state index in [0.29, 0.717) is 31.1 Å². The SMILES string of the molecule is CCCOc1cccc(C(=O)N[C@H]2CO[C@H]3[C@@H]2OC[C@@H]3NC(=O)C2CC2)c1.